The zero-order chi connectivity index (χ0) is 15.7. The molecular weight excluding hydrogens is 337 g/mol. The average molecular weight is 348 g/mol. The van der Waals surface area contributed by atoms with Gasteiger partial charge >= 0.3 is 0 Å². The Kier molecular flexibility index (Phi) is 4.21. The number of anilines is 1. The highest BCUT2D eigenvalue weighted by Gasteiger charge is 2.20. The fraction of sp³-hybridized carbons (Fsp3) is 0. The molecule has 0 spiro atoms. The van der Waals surface area contributed by atoms with Gasteiger partial charge in [-0.25, -0.2) is 0 Å². The van der Waals surface area contributed by atoms with Crippen LogP contribution in [0.4, 0.5) is 5.00 Å². The molecule has 0 fully saturated rings. The molecule has 5 heteroatoms. The van der Waals surface area contributed by atoms with E-state index in [-0.39, 0.29) is 5.78 Å². The summed E-state index contributed by atoms with van der Waals surface area (Å²) in [4.78, 5) is 12.8. The van der Waals surface area contributed by atoms with E-state index in [4.69, 9.17) is 28.9 Å². The van der Waals surface area contributed by atoms with Crippen molar-refractivity contribution >= 4 is 45.3 Å². The molecular formula is C17H11Cl2NOS. The minimum absolute atomic E-state index is 0.156. The van der Waals surface area contributed by atoms with E-state index in [0.29, 0.717) is 26.2 Å². The summed E-state index contributed by atoms with van der Waals surface area (Å²) in [6.07, 6.45) is 0. The Morgan fingerprint density at radius 2 is 1.73 bits per heavy atom. The fourth-order valence-electron chi connectivity index (χ4n) is 2.22. The molecule has 0 atom stereocenters. The van der Waals surface area contributed by atoms with Gasteiger partial charge in [0.25, 0.3) is 0 Å². The second kappa shape index (κ2) is 6.13. The van der Waals surface area contributed by atoms with Gasteiger partial charge in [-0.1, -0.05) is 53.5 Å². The molecule has 0 aliphatic heterocycles. The largest absolute Gasteiger partial charge is 0.390 e. The van der Waals surface area contributed by atoms with Gasteiger partial charge in [-0.15, -0.1) is 11.3 Å². The monoisotopic (exact) mass is 347 g/mol. The van der Waals surface area contributed by atoms with Crippen molar-refractivity contribution in [1.82, 2.24) is 0 Å². The first kappa shape index (κ1) is 15.1. The summed E-state index contributed by atoms with van der Waals surface area (Å²) in [5, 5.41) is 3.16. The van der Waals surface area contributed by atoms with Crippen LogP contribution >= 0.6 is 34.5 Å². The topological polar surface area (TPSA) is 43.1 Å². The lowest BCUT2D eigenvalue weighted by molar-refractivity contribution is 0.104. The third-order valence-corrected chi connectivity index (χ3v) is 4.86. The molecule has 0 amide bonds. The van der Waals surface area contributed by atoms with Crippen molar-refractivity contribution in [3.8, 4) is 11.1 Å². The Bertz CT molecular complexity index is 843. The maximum atomic E-state index is 12.8. The molecule has 3 aromatic rings. The van der Waals surface area contributed by atoms with Crippen molar-refractivity contribution in [2.24, 2.45) is 0 Å². The Morgan fingerprint density at radius 3 is 2.41 bits per heavy atom. The number of nitrogens with two attached hydrogens (primary N) is 1. The Morgan fingerprint density at radius 1 is 1.00 bits per heavy atom. The summed E-state index contributed by atoms with van der Waals surface area (Å²) in [6.45, 7) is 0. The highest BCUT2D eigenvalue weighted by Crippen LogP contribution is 2.35. The molecule has 0 aliphatic rings. The summed E-state index contributed by atoms with van der Waals surface area (Å²) in [5.74, 6) is -0.156. The minimum atomic E-state index is -0.156. The molecule has 110 valence electrons. The SMILES string of the molecule is Nc1scc(-c2ccccc2)c1C(=O)c1ccc(Cl)c(Cl)c1. The number of hydrogen-bond donors (Lipinski definition) is 1. The zero-order valence-corrected chi connectivity index (χ0v) is 13.7. The smallest absolute Gasteiger partial charge is 0.196 e. The molecule has 3 rings (SSSR count). The summed E-state index contributed by atoms with van der Waals surface area (Å²) in [6, 6.07) is 14.5. The van der Waals surface area contributed by atoms with Crippen molar-refractivity contribution in [1.29, 1.82) is 0 Å². The van der Waals surface area contributed by atoms with Gasteiger partial charge in [0.15, 0.2) is 5.78 Å². The average Bonchev–Trinajstić information content (AvgIpc) is 2.92. The van der Waals surface area contributed by atoms with Crippen LogP contribution in [0, 0.1) is 0 Å². The van der Waals surface area contributed by atoms with E-state index >= 15 is 0 Å². The van der Waals surface area contributed by atoms with Gasteiger partial charge in [0.05, 0.1) is 20.6 Å². The first-order chi connectivity index (χ1) is 10.6. The van der Waals surface area contributed by atoms with E-state index in [0.717, 1.165) is 11.1 Å². The summed E-state index contributed by atoms with van der Waals surface area (Å²) >= 11 is 13.3. The summed E-state index contributed by atoms with van der Waals surface area (Å²) in [7, 11) is 0. The van der Waals surface area contributed by atoms with Crippen LogP contribution in [-0.2, 0) is 0 Å². The van der Waals surface area contributed by atoms with E-state index in [1.165, 1.54) is 11.3 Å². The molecule has 2 N–H and O–H groups in total. The number of carbonyl (C=O) groups is 1. The highest BCUT2D eigenvalue weighted by molar-refractivity contribution is 7.15. The van der Waals surface area contributed by atoms with Gasteiger partial charge in [-0.2, -0.15) is 0 Å². The van der Waals surface area contributed by atoms with Crippen molar-refractivity contribution in [3.05, 3.63) is 75.1 Å². The molecule has 0 bridgehead atoms. The van der Waals surface area contributed by atoms with Crippen LogP contribution in [0.2, 0.25) is 10.0 Å². The number of ketones is 1. The predicted octanol–water partition coefficient (Wildman–Crippen LogP) is 5.54. The Labute approximate surface area is 142 Å². The van der Waals surface area contributed by atoms with Gasteiger partial charge in [0.1, 0.15) is 0 Å². The van der Waals surface area contributed by atoms with Crippen molar-refractivity contribution in [2.45, 2.75) is 0 Å². The lowest BCUT2D eigenvalue weighted by atomic mass is 9.97. The number of halogens is 2. The van der Waals surface area contributed by atoms with Crippen LogP contribution in [0.5, 0.6) is 0 Å². The maximum Gasteiger partial charge on any atom is 0.196 e. The standard InChI is InChI=1S/C17H11Cl2NOS/c18-13-7-6-11(8-14(13)19)16(21)15-12(9-22-17(15)20)10-4-2-1-3-5-10/h1-9H,20H2. The number of rotatable bonds is 3. The van der Waals surface area contributed by atoms with E-state index in [9.17, 15) is 4.79 Å². The number of nitrogen functional groups attached to an aromatic ring is 1. The number of benzene rings is 2. The minimum Gasteiger partial charge on any atom is -0.390 e. The zero-order valence-electron chi connectivity index (χ0n) is 11.3. The van der Waals surface area contributed by atoms with Crippen LogP contribution in [-0.4, -0.2) is 5.78 Å². The molecule has 1 aromatic heterocycles. The first-order valence-electron chi connectivity index (χ1n) is 6.50. The molecule has 2 aromatic carbocycles. The first-order valence-corrected chi connectivity index (χ1v) is 8.13. The number of thiophene rings is 1. The molecule has 0 saturated heterocycles. The van der Waals surface area contributed by atoms with Crippen LogP contribution in [0.3, 0.4) is 0 Å². The maximum absolute atomic E-state index is 12.8. The third-order valence-electron chi connectivity index (χ3n) is 3.31. The van der Waals surface area contributed by atoms with Crippen molar-refractivity contribution in [3.63, 3.8) is 0 Å². The van der Waals surface area contributed by atoms with E-state index in [2.05, 4.69) is 0 Å². The number of carbonyl (C=O) groups excluding carboxylic acids is 1. The molecule has 2 nitrogen and oxygen atoms in total. The summed E-state index contributed by atoms with van der Waals surface area (Å²) in [5.41, 5.74) is 8.79. The van der Waals surface area contributed by atoms with Gasteiger partial charge in [-0.05, 0) is 23.8 Å². The van der Waals surface area contributed by atoms with Crippen LogP contribution < -0.4 is 5.73 Å². The second-order valence-corrected chi connectivity index (χ2v) is 6.44. The molecule has 0 unspecified atom stereocenters. The normalized spacial score (nSPS) is 10.6. The fourth-order valence-corrected chi connectivity index (χ4v) is 3.34. The van der Waals surface area contributed by atoms with Gasteiger partial charge in [-0.3, -0.25) is 4.79 Å². The highest BCUT2D eigenvalue weighted by atomic mass is 35.5. The third kappa shape index (κ3) is 2.75. The Balaban J connectivity index is 2.10. The van der Waals surface area contributed by atoms with Crippen LogP contribution in [0.1, 0.15) is 15.9 Å². The number of hydrogen-bond acceptors (Lipinski definition) is 3. The molecule has 0 radical (unpaired) electrons. The molecule has 22 heavy (non-hydrogen) atoms. The van der Waals surface area contributed by atoms with Gasteiger partial charge in [0, 0.05) is 16.5 Å². The van der Waals surface area contributed by atoms with E-state index < -0.39 is 0 Å². The van der Waals surface area contributed by atoms with E-state index in [1.54, 1.807) is 18.2 Å². The van der Waals surface area contributed by atoms with Gasteiger partial charge in [0.2, 0.25) is 0 Å². The molecule has 0 saturated carbocycles. The molecule has 0 aliphatic carbocycles. The summed E-state index contributed by atoms with van der Waals surface area (Å²) < 4.78 is 0. The lowest BCUT2D eigenvalue weighted by Crippen LogP contribution is -2.04. The lowest BCUT2D eigenvalue weighted by Gasteiger charge is -2.06. The van der Waals surface area contributed by atoms with Gasteiger partial charge < -0.3 is 5.73 Å². The predicted molar refractivity (Wildman–Crippen MR) is 94.1 cm³/mol. The second-order valence-electron chi connectivity index (χ2n) is 4.71. The molecule has 1 heterocycles. The van der Waals surface area contributed by atoms with Crippen molar-refractivity contribution < 1.29 is 4.79 Å². The Hall–Kier alpha value is -1.81. The van der Waals surface area contributed by atoms with E-state index in [1.807, 2.05) is 35.7 Å². The van der Waals surface area contributed by atoms with Crippen LogP contribution in [0.25, 0.3) is 11.1 Å². The van der Waals surface area contributed by atoms with Crippen molar-refractivity contribution in [2.75, 3.05) is 5.73 Å². The van der Waals surface area contributed by atoms with Crippen LogP contribution in [0.15, 0.2) is 53.9 Å². The quantitative estimate of drug-likeness (QED) is 0.632.